The van der Waals surface area contributed by atoms with Crippen molar-refractivity contribution in [2.24, 2.45) is 0 Å². The Hall–Kier alpha value is -2.27. The zero-order valence-electron chi connectivity index (χ0n) is 13.7. The third-order valence-electron chi connectivity index (χ3n) is 3.97. The summed E-state index contributed by atoms with van der Waals surface area (Å²) in [5.41, 5.74) is 1.28. The molecule has 1 aliphatic heterocycles. The number of aryl methyl sites for hydroxylation is 1. The van der Waals surface area contributed by atoms with Crippen molar-refractivity contribution in [1.29, 1.82) is 0 Å². The van der Waals surface area contributed by atoms with Gasteiger partial charge in [-0.1, -0.05) is 23.7 Å². The molecule has 0 N–H and O–H groups in total. The van der Waals surface area contributed by atoms with Gasteiger partial charge in [0.15, 0.2) is 5.69 Å². The Kier molecular flexibility index (Phi) is 4.90. The van der Waals surface area contributed by atoms with Crippen LogP contribution in [0.1, 0.15) is 22.5 Å². The first-order valence-electron chi connectivity index (χ1n) is 7.79. The summed E-state index contributed by atoms with van der Waals surface area (Å²) in [6.45, 7) is 3.03. The number of methoxy groups -OCH3 is 1. The van der Waals surface area contributed by atoms with Gasteiger partial charge in [-0.2, -0.15) is 0 Å². The summed E-state index contributed by atoms with van der Waals surface area (Å²) in [4.78, 5) is 18.7. The zero-order valence-corrected chi connectivity index (χ0v) is 14.4. The van der Waals surface area contributed by atoms with Gasteiger partial charge >= 0.3 is 0 Å². The molecule has 6 heteroatoms. The Morgan fingerprint density at radius 3 is 2.88 bits per heavy atom. The number of ether oxygens (including phenoxy) is 2. The molecule has 1 unspecified atom stereocenters. The Morgan fingerprint density at radius 1 is 1.33 bits per heavy atom. The van der Waals surface area contributed by atoms with Crippen LogP contribution in [0.25, 0.3) is 0 Å². The highest BCUT2D eigenvalue weighted by Crippen LogP contribution is 2.27. The molecule has 1 aliphatic rings. The number of halogens is 1. The molecule has 3 rings (SSSR count). The number of para-hydroxylation sites is 1. The first-order valence-corrected chi connectivity index (χ1v) is 8.17. The van der Waals surface area contributed by atoms with Crippen molar-refractivity contribution in [2.45, 2.75) is 19.4 Å². The Morgan fingerprint density at radius 2 is 2.12 bits per heavy atom. The van der Waals surface area contributed by atoms with Gasteiger partial charge in [-0.05, 0) is 30.7 Å². The number of pyridine rings is 1. The van der Waals surface area contributed by atoms with Crippen LogP contribution in [0.4, 0.5) is 0 Å². The minimum Gasteiger partial charge on any atom is -0.494 e. The lowest BCUT2D eigenvalue weighted by molar-refractivity contribution is 0.0763. The third-order valence-corrected chi connectivity index (χ3v) is 4.29. The van der Waals surface area contributed by atoms with Gasteiger partial charge in [0.1, 0.15) is 17.6 Å². The van der Waals surface area contributed by atoms with Crippen molar-refractivity contribution < 1.29 is 14.3 Å². The number of amides is 1. The van der Waals surface area contributed by atoms with E-state index in [2.05, 4.69) is 4.98 Å². The summed E-state index contributed by atoms with van der Waals surface area (Å²) < 4.78 is 11.2. The van der Waals surface area contributed by atoms with E-state index >= 15 is 0 Å². The maximum Gasteiger partial charge on any atom is 0.276 e. The molecular formula is C18H19ClN2O3. The van der Waals surface area contributed by atoms with Gasteiger partial charge in [0, 0.05) is 19.2 Å². The predicted octanol–water partition coefficient (Wildman–Crippen LogP) is 3.35. The topological polar surface area (TPSA) is 51.7 Å². The van der Waals surface area contributed by atoms with E-state index in [0.717, 1.165) is 12.0 Å². The van der Waals surface area contributed by atoms with Gasteiger partial charge in [-0.25, -0.2) is 4.98 Å². The molecular weight excluding hydrogens is 328 g/mol. The van der Waals surface area contributed by atoms with Crippen molar-refractivity contribution >= 4 is 17.5 Å². The van der Waals surface area contributed by atoms with Gasteiger partial charge in [0.2, 0.25) is 0 Å². The zero-order chi connectivity index (χ0) is 17.1. The van der Waals surface area contributed by atoms with Crippen LogP contribution in [0.5, 0.6) is 11.5 Å². The van der Waals surface area contributed by atoms with E-state index in [-0.39, 0.29) is 12.0 Å². The lowest BCUT2D eigenvalue weighted by Crippen LogP contribution is -2.31. The van der Waals surface area contributed by atoms with E-state index < -0.39 is 0 Å². The molecule has 0 bridgehead atoms. The maximum atomic E-state index is 12.7. The number of hydrogen-bond acceptors (Lipinski definition) is 4. The van der Waals surface area contributed by atoms with E-state index in [0.29, 0.717) is 35.3 Å². The van der Waals surface area contributed by atoms with Crippen molar-refractivity contribution in [3.8, 4) is 11.5 Å². The lowest BCUT2D eigenvalue weighted by atomic mass is 10.2. The Balaban J connectivity index is 1.69. The second-order valence-electron chi connectivity index (χ2n) is 5.77. The van der Waals surface area contributed by atoms with Crippen LogP contribution >= 0.6 is 11.6 Å². The molecule has 1 aromatic heterocycles. The highest BCUT2D eigenvalue weighted by atomic mass is 35.5. The number of carbonyl (C=O) groups is 1. The van der Waals surface area contributed by atoms with Gasteiger partial charge in [0.05, 0.1) is 18.7 Å². The number of nitrogens with zero attached hydrogens (tertiary/aromatic N) is 2. The highest BCUT2D eigenvalue weighted by molar-refractivity contribution is 6.32. The Labute approximate surface area is 146 Å². The predicted molar refractivity (Wildman–Crippen MR) is 91.9 cm³/mol. The van der Waals surface area contributed by atoms with E-state index in [1.165, 1.54) is 0 Å². The molecule has 5 nitrogen and oxygen atoms in total. The second-order valence-corrected chi connectivity index (χ2v) is 6.18. The minimum atomic E-state index is -0.142. The number of carbonyl (C=O) groups excluding carboxylic acids is 1. The first kappa shape index (κ1) is 16.6. The molecule has 1 atom stereocenters. The SMILES string of the molecule is COc1cc(C)cnc1C(=O)N1CCC(Oc2ccccc2Cl)C1. The average molecular weight is 347 g/mol. The number of hydrogen-bond donors (Lipinski definition) is 0. The molecule has 0 spiro atoms. The van der Waals surface area contributed by atoms with Crippen LogP contribution in [-0.2, 0) is 0 Å². The molecule has 1 aromatic carbocycles. The van der Waals surface area contributed by atoms with Gasteiger partial charge in [-0.3, -0.25) is 4.79 Å². The molecule has 126 valence electrons. The number of aromatic nitrogens is 1. The standard InChI is InChI=1S/C18H19ClN2O3/c1-12-9-16(23-2)17(20-10-12)18(22)21-8-7-13(11-21)24-15-6-4-3-5-14(15)19/h3-6,9-10,13H,7-8,11H2,1-2H3. The monoisotopic (exact) mass is 346 g/mol. The van der Waals surface area contributed by atoms with E-state index in [4.69, 9.17) is 21.1 Å². The van der Waals surface area contributed by atoms with Crippen LogP contribution < -0.4 is 9.47 Å². The summed E-state index contributed by atoms with van der Waals surface area (Å²) in [6, 6.07) is 9.16. The Bertz CT molecular complexity index is 751. The van der Waals surface area contributed by atoms with E-state index in [9.17, 15) is 4.79 Å². The fourth-order valence-corrected chi connectivity index (χ4v) is 2.92. The molecule has 1 fully saturated rings. The van der Waals surface area contributed by atoms with Crippen molar-refractivity contribution in [2.75, 3.05) is 20.2 Å². The van der Waals surface area contributed by atoms with Gasteiger partial charge in [-0.15, -0.1) is 0 Å². The molecule has 0 radical (unpaired) electrons. The molecule has 2 heterocycles. The molecule has 0 aliphatic carbocycles. The van der Waals surface area contributed by atoms with Gasteiger partial charge < -0.3 is 14.4 Å². The summed E-state index contributed by atoms with van der Waals surface area (Å²) in [7, 11) is 1.54. The first-order chi connectivity index (χ1) is 11.6. The van der Waals surface area contributed by atoms with Gasteiger partial charge in [0.25, 0.3) is 5.91 Å². The summed E-state index contributed by atoms with van der Waals surface area (Å²) >= 11 is 6.12. The maximum absolute atomic E-state index is 12.7. The summed E-state index contributed by atoms with van der Waals surface area (Å²) in [5.74, 6) is 0.997. The number of rotatable bonds is 4. The van der Waals surface area contributed by atoms with E-state index in [1.54, 1.807) is 24.3 Å². The fraction of sp³-hybridized carbons (Fsp3) is 0.333. The molecule has 0 saturated carbocycles. The third kappa shape index (κ3) is 3.46. The van der Waals surface area contributed by atoms with Crippen molar-refractivity contribution in [1.82, 2.24) is 9.88 Å². The van der Waals surface area contributed by atoms with Crippen LogP contribution in [0, 0.1) is 6.92 Å². The fourth-order valence-electron chi connectivity index (χ4n) is 2.74. The minimum absolute atomic E-state index is 0.0784. The quantitative estimate of drug-likeness (QED) is 0.852. The lowest BCUT2D eigenvalue weighted by Gasteiger charge is -2.18. The summed E-state index contributed by atoms with van der Waals surface area (Å²) in [6.07, 6.45) is 2.35. The van der Waals surface area contributed by atoms with Crippen molar-refractivity contribution in [3.63, 3.8) is 0 Å². The van der Waals surface area contributed by atoms with Crippen LogP contribution in [0.15, 0.2) is 36.5 Å². The van der Waals surface area contributed by atoms with E-state index in [1.807, 2.05) is 31.2 Å². The summed E-state index contributed by atoms with van der Waals surface area (Å²) in [5, 5.41) is 0.573. The molecule has 1 saturated heterocycles. The van der Waals surface area contributed by atoms with Crippen LogP contribution in [0.3, 0.4) is 0 Å². The molecule has 24 heavy (non-hydrogen) atoms. The van der Waals surface area contributed by atoms with Crippen LogP contribution in [0.2, 0.25) is 5.02 Å². The number of benzene rings is 1. The van der Waals surface area contributed by atoms with Crippen LogP contribution in [-0.4, -0.2) is 42.1 Å². The average Bonchev–Trinajstić information content (AvgIpc) is 3.05. The molecule has 2 aromatic rings. The second kappa shape index (κ2) is 7.09. The number of likely N-dealkylation sites (tertiary alicyclic amines) is 1. The highest BCUT2D eigenvalue weighted by Gasteiger charge is 2.30. The normalized spacial score (nSPS) is 17.0. The smallest absolute Gasteiger partial charge is 0.276 e. The van der Waals surface area contributed by atoms with Crippen molar-refractivity contribution in [3.05, 3.63) is 52.8 Å². The largest absolute Gasteiger partial charge is 0.494 e. The molecule has 1 amide bonds.